The first-order chi connectivity index (χ1) is 15.2. The Balaban J connectivity index is 2.03. The minimum absolute atomic E-state index is 0.0288. The Morgan fingerprint density at radius 1 is 1.25 bits per heavy atom. The number of carbonyl (C=O) groups is 2. The minimum atomic E-state index is -0.839. The van der Waals surface area contributed by atoms with Crippen LogP contribution >= 0.6 is 11.6 Å². The van der Waals surface area contributed by atoms with Gasteiger partial charge in [0.2, 0.25) is 0 Å². The van der Waals surface area contributed by atoms with Crippen LogP contribution in [-0.2, 0) is 14.3 Å². The number of nitrogens with zero attached hydrogens (tertiary/aromatic N) is 1. The molecule has 1 unspecified atom stereocenters. The lowest BCUT2D eigenvalue weighted by Gasteiger charge is -2.23. The molecular weight excluding hydrogens is 434 g/mol. The van der Waals surface area contributed by atoms with Gasteiger partial charge in [0.05, 0.1) is 23.3 Å². The summed E-state index contributed by atoms with van der Waals surface area (Å²) in [5.41, 5.74) is 0.297. The van der Waals surface area contributed by atoms with Gasteiger partial charge in [-0.3, -0.25) is 9.59 Å². The highest BCUT2D eigenvalue weighted by Crippen LogP contribution is 2.41. The van der Waals surface area contributed by atoms with Gasteiger partial charge in [0, 0.05) is 18.7 Å². The summed E-state index contributed by atoms with van der Waals surface area (Å²) >= 11 is 6.16. The summed E-state index contributed by atoms with van der Waals surface area (Å²) < 4.78 is 16.8. The van der Waals surface area contributed by atoms with Crippen LogP contribution in [0.2, 0.25) is 5.02 Å². The van der Waals surface area contributed by atoms with E-state index in [0.29, 0.717) is 47.5 Å². The molecule has 1 saturated heterocycles. The van der Waals surface area contributed by atoms with Crippen molar-refractivity contribution in [1.82, 2.24) is 4.90 Å². The molecule has 172 valence electrons. The number of rotatable bonds is 9. The molecule has 7 nitrogen and oxygen atoms in total. The standard InChI is InChI=1S/C24H28ClNO6/c1-5-30-19-13-16(8-9-17(19)25)22(27)20-21(18-10-7-15(4)32-18)26(24(29)23(20)28)11-6-12-31-14(2)3/h7-10,13-14,21,27H,5-6,11-12H2,1-4H3/b22-20-. The first-order valence-corrected chi connectivity index (χ1v) is 11.0. The maximum absolute atomic E-state index is 13.0. The number of likely N-dealkylation sites (tertiary alicyclic amines) is 1. The summed E-state index contributed by atoms with van der Waals surface area (Å²) in [5, 5.41) is 11.5. The monoisotopic (exact) mass is 461 g/mol. The number of ether oxygens (including phenoxy) is 2. The smallest absolute Gasteiger partial charge is 0.295 e. The lowest BCUT2D eigenvalue weighted by molar-refractivity contribution is -0.140. The van der Waals surface area contributed by atoms with Gasteiger partial charge in [-0.1, -0.05) is 11.6 Å². The topological polar surface area (TPSA) is 89.2 Å². The van der Waals surface area contributed by atoms with Gasteiger partial charge in [-0.15, -0.1) is 0 Å². The van der Waals surface area contributed by atoms with Gasteiger partial charge >= 0.3 is 0 Å². The molecule has 0 bridgehead atoms. The Morgan fingerprint density at radius 3 is 2.62 bits per heavy atom. The Kier molecular flexibility index (Phi) is 7.64. The van der Waals surface area contributed by atoms with Gasteiger partial charge in [-0.05, 0) is 64.4 Å². The highest BCUT2D eigenvalue weighted by molar-refractivity contribution is 6.46. The Bertz CT molecular complexity index is 1030. The molecule has 1 fully saturated rings. The number of amides is 1. The summed E-state index contributed by atoms with van der Waals surface area (Å²) in [6.45, 7) is 8.57. The second-order valence-electron chi connectivity index (χ2n) is 7.79. The van der Waals surface area contributed by atoms with Gasteiger partial charge in [-0.2, -0.15) is 0 Å². The highest BCUT2D eigenvalue weighted by Gasteiger charge is 2.47. The van der Waals surface area contributed by atoms with Crippen LogP contribution in [0.15, 0.2) is 40.3 Å². The van der Waals surface area contributed by atoms with Crippen molar-refractivity contribution in [3.63, 3.8) is 0 Å². The van der Waals surface area contributed by atoms with Gasteiger partial charge in [0.25, 0.3) is 11.7 Å². The van der Waals surface area contributed by atoms with E-state index < -0.39 is 17.7 Å². The lowest BCUT2D eigenvalue weighted by atomic mass is 9.99. The number of benzene rings is 1. The van der Waals surface area contributed by atoms with Crippen LogP contribution in [0.3, 0.4) is 0 Å². The number of ketones is 1. The summed E-state index contributed by atoms with van der Waals surface area (Å²) in [7, 11) is 0. The van der Waals surface area contributed by atoms with Gasteiger partial charge in [0.15, 0.2) is 0 Å². The molecule has 0 spiro atoms. The van der Waals surface area contributed by atoms with E-state index in [1.54, 1.807) is 37.3 Å². The number of hydrogen-bond donors (Lipinski definition) is 1. The molecule has 1 aromatic heterocycles. The van der Waals surface area contributed by atoms with Crippen LogP contribution in [0.25, 0.3) is 5.76 Å². The summed E-state index contributed by atoms with van der Waals surface area (Å²) in [6.07, 6.45) is 0.606. The van der Waals surface area contributed by atoms with E-state index in [0.717, 1.165) is 0 Å². The van der Waals surface area contributed by atoms with Crippen LogP contribution in [-0.4, -0.2) is 47.6 Å². The molecule has 1 aliphatic heterocycles. The van der Waals surface area contributed by atoms with Crippen LogP contribution in [0.4, 0.5) is 0 Å². The molecule has 1 atom stereocenters. The zero-order chi connectivity index (χ0) is 23.4. The number of hydrogen-bond acceptors (Lipinski definition) is 6. The molecular formula is C24H28ClNO6. The van der Waals surface area contributed by atoms with Gasteiger partial charge in [0.1, 0.15) is 29.1 Å². The Labute approximate surface area is 192 Å². The molecule has 0 aliphatic carbocycles. The van der Waals surface area contributed by atoms with Crippen LogP contribution in [0.5, 0.6) is 5.75 Å². The maximum atomic E-state index is 13.0. The molecule has 1 aliphatic rings. The van der Waals surface area contributed by atoms with E-state index in [1.807, 2.05) is 20.8 Å². The van der Waals surface area contributed by atoms with E-state index >= 15 is 0 Å². The summed E-state index contributed by atoms with van der Waals surface area (Å²) in [4.78, 5) is 27.3. The largest absolute Gasteiger partial charge is 0.507 e. The van der Waals surface area contributed by atoms with E-state index in [1.165, 1.54) is 4.90 Å². The van der Waals surface area contributed by atoms with Crippen LogP contribution in [0.1, 0.15) is 50.3 Å². The average Bonchev–Trinajstić information content (AvgIpc) is 3.28. The van der Waals surface area contributed by atoms with E-state index in [9.17, 15) is 14.7 Å². The number of halogens is 1. The zero-order valence-electron chi connectivity index (χ0n) is 18.7. The van der Waals surface area contributed by atoms with Crippen molar-refractivity contribution in [2.45, 2.75) is 46.3 Å². The summed E-state index contributed by atoms with van der Waals surface area (Å²) in [6, 6.07) is 7.34. The highest BCUT2D eigenvalue weighted by atomic mass is 35.5. The number of aliphatic hydroxyl groups is 1. The van der Waals surface area contributed by atoms with Gasteiger partial charge in [-0.25, -0.2) is 0 Å². The fourth-order valence-corrected chi connectivity index (χ4v) is 3.81. The molecule has 3 rings (SSSR count). The third-order valence-corrected chi connectivity index (χ3v) is 5.38. The van der Waals surface area contributed by atoms with Crippen molar-refractivity contribution >= 4 is 29.1 Å². The van der Waals surface area contributed by atoms with Crippen molar-refractivity contribution in [2.75, 3.05) is 19.8 Å². The molecule has 8 heteroatoms. The third-order valence-electron chi connectivity index (χ3n) is 5.07. The van der Waals surface area contributed by atoms with Crippen molar-refractivity contribution in [1.29, 1.82) is 0 Å². The first kappa shape index (κ1) is 23.9. The SMILES string of the molecule is CCOc1cc(/C(O)=C2/C(=O)C(=O)N(CCCOC(C)C)C2c2ccc(C)o2)ccc1Cl. The fourth-order valence-electron chi connectivity index (χ4n) is 3.63. The predicted octanol–water partition coefficient (Wildman–Crippen LogP) is 4.88. The molecule has 0 radical (unpaired) electrons. The molecule has 2 heterocycles. The number of carbonyl (C=O) groups excluding carboxylic acids is 2. The quantitative estimate of drug-likeness (QED) is 0.248. The van der Waals surface area contributed by atoms with Crippen molar-refractivity contribution < 1.29 is 28.6 Å². The first-order valence-electron chi connectivity index (χ1n) is 10.6. The normalized spacial score (nSPS) is 18.1. The predicted molar refractivity (Wildman–Crippen MR) is 121 cm³/mol. The van der Waals surface area contributed by atoms with Gasteiger partial charge < -0.3 is 23.9 Å². The Hall–Kier alpha value is -2.77. The minimum Gasteiger partial charge on any atom is -0.507 e. The average molecular weight is 462 g/mol. The fraction of sp³-hybridized carbons (Fsp3) is 0.417. The number of Topliss-reactive ketones (excluding diaryl/α,β-unsaturated/α-hetero) is 1. The van der Waals surface area contributed by atoms with E-state index in [4.69, 9.17) is 25.5 Å². The third kappa shape index (κ3) is 5.00. The molecule has 2 aromatic rings. The number of furan rings is 1. The van der Waals surface area contributed by atoms with E-state index in [-0.39, 0.29) is 24.0 Å². The van der Waals surface area contributed by atoms with Crippen LogP contribution in [0, 0.1) is 6.92 Å². The summed E-state index contributed by atoms with van der Waals surface area (Å²) in [5.74, 6) is -0.330. The van der Waals surface area contributed by atoms with Crippen molar-refractivity contribution in [3.05, 3.63) is 58.0 Å². The number of aryl methyl sites for hydroxylation is 1. The Morgan fingerprint density at radius 2 is 2.00 bits per heavy atom. The van der Waals surface area contributed by atoms with Crippen molar-refractivity contribution in [3.8, 4) is 5.75 Å². The van der Waals surface area contributed by atoms with E-state index in [2.05, 4.69) is 0 Å². The second kappa shape index (κ2) is 10.2. The second-order valence-corrected chi connectivity index (χ2v) is 8.20. The zero-order valence-corrected chi connectivity index (χ0v) is 19.4. The molecule has 1 N–H and O–H groups in total. The van der Waals surface area contributed by atoms with Crippen LogP contribution < -0.4 is 4.74 Å². The lowest BCUT2D eigenvalue weighted by Crippen LogP contribution is -2.31. The molecule has 0 saturated carbocycles. The molecule has 1 aromatic carbocycles. The number of aliphatic hydroxyl groups excluding tert-OH is 1. The molecule has 1 amide bonds. The maximum Gasteiger partial charge on any atom is 0.295 e. The molecule has 32 heavy (non-hydrogen) atoms. The van der Waals surface area contributed by atoms with Crippen molar-refractivity contribution in [2.24, 2.45) is 0 Å².